The molecule has 4 aromatic rings. The highest BCUT2D eigenvalue weighted by molar-refractivity contribution is 5.66. The smallest absolute Gasteiger partial charge is 0.218 e. The molecule has 9 heteroatoms. The maximum absolute atomic E-state index is 13.7. The number of imidazole rings is 1. The van der Waals surface area contributed by atoms with Gasteiger partial charge in [-0.1, -0.05) is 12.1 Å². The quantitative estimate of drug-likeness (QED) is 0.251. The standard InChI is InChI=1S/C28H29F2N3O4/c1-19(34)27(35)28-31-13-15-33(28)14-3-2-4-20-5-10-24(11-6-20)36-17-23-18-37-26(32-23)12-8-21-7-9-22(29)16-25(21)30/h5-13,15-16,18-19,27,34-35H,2-4,14,17H2,1H3/b12-8+. The van der Waals surface area contributed by atoms with Crippen molar-refractivity contribution < 1.29 is 28.1 Å². The number of aliphatic hydroxyl groups is 2. The summed E-state index contributed by atoms with van der Waals surface area (Å²) < 4.78 is 39.8. The Hall–Kier alpha value is -3.82. The fourth-order valence-corrected chi connectivity index (χ4v) is 3.78. The number of aromatic nitrogens is 3. The molecule has 0 saturated heterocycles. The minimum atomic E-state index is -0.992. The number of hydrogen-bond acceptors (Lipinski definition) is 6. The van der Waals surface area contributed by atoms with Crippen molar-refractivity contribution in [2.24, 2.45) is 0 Å². The van der Waals surface area contributed by atoms with Crippen LogP contribution in [-0.2, 0) is 19.6 Å². The molecule has 0 bridgehead atoms. The largest absolute Gasteiger partial charge is 0.487 e. The molecule has 2 unspecified atom stereocenters. The van der Waals surface area contributed by atoms with Crippen LogP contribution in [-0.4, -0.2) is 30.9 Å². The summed E-state index contributed by atoms with van der Waals surface area (Å²) in [5.41, 5.74) is 2.01. The second-order valence-electron chi connectivity index (χ2n) is 8.73. The fourth-order valence-electron chi connectivity index (χ4n) is 3.78. The summed E-state index contributed by atoms with van der Waals surface area (Å²) in [6, 6.07) is 11.2. The van der Waals surface area contributed by atoms with Gasteiger partial charge >= 0.3 is 0 Å². The van der Waals surface area contributed by atoms with Gasteiger partial charge in [-0.25, -0.2) is 18.7 Å². The van der Waals surface area contributed by atoms with Crippen molar-refractivity contribution in [2.45, 2.75) is 51.5 Å². The first-order valence-corrected chi connectivity index (χ1v) is 12.1. The lowest BCUT2D eigenvalue weighted by Gasteiger charge is -2.15. The third kappa shape index (κ3) is 7.34. The van der Waals surface area contributed by atoms with Crippen LogP contribution in [0.25, 0.3) is 12.2 Å². The Balaban J connectivity index is 1.20. The van der Waals surface area contributed by atoms with E-state index < -0.39 is 23.8 Å². The molecule has 194 valence electrons. The molecule has 0 fully saturated rings. The zero-order valence-corrected chi connectivity index (χ0v) is 20.4. The number of aliphatic hydroxyl groups excluding tert-OH is 2. The lowest BCUT2D eigenvalue weighted by Crippen LogP contribution is -2.19. The summed E-state index contributed by atoms with van der Waals surface area (Å²) in [6.07, 6.45) is 8.80. The Morgan fingerprint density at radius 3 is 2.65 bits per heavy atom. The minimum absolute atomic E-state index is 0.215. The Morgan fingerprint density at radius 2 is 1.89 bits per heavy atom. The number of ether oxygens (including phenoxy) is 1. The zero-order chi connectivity index (χ0) is 26.2. The highest BCUT2D eigenvalue weighted by Gasteiger charge is 2.18. The van der Waals surface area contributed by atoms with Crippen LogP contribution in [0.3, 0.4) is 0 Å². The second-order valence-corrected chi connectivity index (χ2v) is 8.73. The Bertz CT molecular complexity index is 1320. The maximum atomic E-state index is 13.7. The van der Waals surface area contributed by atoms with Gasteiger partial charge in [0.25, 0.3) is 0 Å². The predicted octanol–water partition coefficient (Wildman–Crippen LogP) is 5.34. The first-order valence-electron chi connectivity index (χ1n) is 12.1. The Labute approximate surface area is 213 Å². The lowest BCUT2D eigenvalue weighted by atomic mass is 10.1. The molecule has 4 rings (SSSR count). The Morgan fingerprint density at radius 1 is 1.08 bits per heavy atom. The molecule has 0 amide bonds. The third-order valence-corrected chi connectivity index (χ3v) is 5.83. The molecule has 7 nitrogen and oxygen atoms in total. The number of hydrogen-bond donors (Lipinski definition) is 2. The van der Waals surface area contributed by atoms with E-state index in [9.17, 15) is 19.0 Å². The molecule has 37 heavy (non-hydrogen) atoms. The first kappa shape index (κ1) is 26.2. The van der Waals surface area contributed by atoms with Crippen LogP contribution in [0.4, 0.5) is 8.78 Å². The predicted molar refractivity (Wildman–Crippen MR) is 134 cm³/mol. The van der Waals surface area contributed by atoms with Gasteiger partial charge in [-0.15, -0.1) is 0 Å². The summed E-state index contributed by atoms with van der Waals surface area (Å²) in [4.78, 5) is 8.44. The topological polar surface area (TPSA) is 93.5 Å². The minimum Gasteiger partial charge on any atom is -0.487 e. The van der Waals surface area contributed by atoms with E-state index in [0.717, 1.165) is 25.3 Å². The summed E-state index contributed by atoms with van der Waals surface area (Å²) in [7, 11) is 0. The van der Waals surface area contributed by atoms with Crippen molar-refractivity contribution in [2.75, 3.05) is 0 Å². The maximum Gasteiger partial charge on any atom is 0.218 e. The SMILES string of the molecule is CC(O)C(O)c1nccn1CCCCc1ccc(OCc2coc(/C=C/c3ccc(F)cc3F)n2)cc1. The first-order chi connectivity index (χ1) is 17.9. The van der Waals surface area contributed by atoms with E-state index in [1.165, 1.54) is 36.1 Å². The number of aryl methyl sites for hydroxylation is 2. The van der Waals surface area contributed by atoms with E-state index in [-0.39, 0.29) is 12.2 Å². The molecule has 0 aliphatic heterocycles. The normalized spacial score (nSPS) is 13.2. The highest BCUT2D eigenvalue weighted by atomic mass is 19.1. The molecule has 2 aromatic heterocycles. The highest BCUT2D eigenvalue weighted by Crippen LogP contribution is 2.19. The average molecular weight is 510 g/mol. The van der Waals surface area contributed by atoms with Crippen LogP contribution in [0.1, 0.15) is 54.4 Å². The van der Waals surface area contributed by atoms with Gasteiger partial charge in [0.2, 0.25) is 5.89 Å². The van der Waals surface area contributed by atoms with Crippen LogP contribution < -0.4 is 4.74 Å². The van der Waals surface area contributed by atoms with Crippen molar-refractivity contribution in [3.05, 3.63) is 101 Å². The van der Waals surface area contributed by atoms with Crippen molar-refractivity contribution in [3.8, 4) is 5.75 Å². The molecule has 0 aliphatic rings. The number of halogens is 2. The van der Waals surface area contributed by atoms with Gasteiger partial charge in [0, 0.05) is 36.6 Å². The number of oxazole rings is 1. The van der Waals surface area contributed by atoms with Crippen LogP contribution >= 0.6 is 0 Å². The van der Waals surface area contributed by atoms with Gasteiger partial charge in [-0.05, 0) is 62.1 Å². The monoisotopic (exact) mass is 509 g/mol. The molecule has 0 spiro atoms. The van der Waals surface area contributed by atoms with E-state index in [0.29, 0.717) is 29.7 Å². The molecule has 0 radical (unpaired) electrons. The van der Waals surface area contributed by atoms with Gasteiger partial charge in [-0.3, -0.25) is 0 Å². The molecule has 2 atom stereocenters. The van der Waals surface area contributed by atoms with Crippen LogP contribution in [0.2, 0.25) is 0 Å². The zero-order valence-electron chi connectivity index (χ0n) is 20.4. The molecular formula is C28H29F2N3O4. The van der Waals surface area contributed by atoms with E-state index in [2.05, 4.69) is 9.97 Å². The molecule has 0 saturated carbocycles. The number of rotatable bonds is 12. The van der Waals surface area contributed by atoms with E-state index in [1.807, 2.05) is 35.0 Å². The average Bonchev–Trinajstić information content (AvgIpc) is 3.54. The van der Waals surface area contributed by atoms with E-state index >= 15 is 0 Å². The summed E-state index contributed by atoms with van der Waals surface area (Å²) in [5.74, 6) is 0.185. The van der Waals surface area contributed by atoms with E-state index in [1.54, 1.807) is 13.1 Å². The van der Waals surface area contributed by atoms with Gasteiger partial charge in [0.1, 0.15) is 47.9 Å². The third-order valence-electron chi connectivity index (χ3n) is 5.83. The van der Waals surface area contributed by atoms with Crippen molar-refractivity contribution in [3.63, 3.8) is 0 Å². The molecular weight excluding hydrogens is 480 g/mol. The fraction of sp³-hybridized carbons (Fsp3) is 0.286. The van der Waals surface area contributed by atoms with Crippen LogP contribution in [0.5, 0.6) is 5.75 Å². The summed E-state index contributed by atoms with van der Waals surface area (Å²) in [6.45, 7) is 2.47. The second kappa shape index (κ2) is 12.4. The van der Waals surface area contributed by atoms with Gasteiger partial charge in [0.15, 0.2) is 0 Å². The Kier molecular flexibility index (Phi) is 8.81. The van der Waals surface area contributed by atoms with Gasteiger partial charge < -0.3 is 23.9 Å². The number of benzene rings is 2. The molecule has 0 aliphatic carbocycles. The molecule has 2 N–H and O–H groups in total. The van der Waals surface area contributed by atoms with E-state index in [4.69, 9.17) is 9.15 Å². The van der Waals surface area contributed by atoms with Gasteiger partial charge in [-0.2, -0.15) is 0 Å². The number of nitrogens with zero attached hydrogens (tertiary/aromatic N) is 3. The van der Waals surface area contributed by atoms with Gasteiger partial charge in [0.05, 0.1) is 6.10 Å². The summed E-state index contributed by atoms with van der Waals surface area (Å²) in [5, 5.41) is 19.6. The molecule has 2 heterocycles. The van der Waals surface area contributed by atoms with Crippen molar-refractivity contribution >= 4 is 12.2 Å². The molecule has 2 aromatic carbocycles. The van der Waals surface area contributed by atoms with Crippen LogP contribution in [0, 0.1) is 11.6 Å². The van der Waals surface area contributed by atoms with Crippen molar-refractivity contribution in [1.82, 2.24) is 14.5 Å². The van der Waals surface area contributed by atoms with Crippen molar-refractivity contribution in [1.29, 1.82) is 0 Å². The van der Waals surface area contributed by atoms with Crippen LogP contribution in [0.15, 0.2) is 65.5 Å². The number of unbranched alkanes of at least 4 members (excludes halogenated alkanes) is 1. The lowest BCUT2D eigenvalue weighted by molar-refractivity contribution is 0.0226. The summed E-state index contributed by atoms with van der Waals surface area (Å²) >= 11 is 0.